The van der Waals surface area contributed by atoms with Gasteiger partial charge in [-0.3, -0.25) is 0 Å². The van der Waals surface area contributed by atoms with Crippen molar-refractivity contribution in [2.45, 2.75) is 54.2 Å². The Morgan fingerprint density at radius 2 is 1.33 bits per heavy atom. The zero-order chi connectivity index (χ0) is 30.7. The molecular formula is C29H40F2N2O6S3. The molecule has 8 nitrogen and oxygen atoms in total. The highest BCUT2D eigenvalue weighted by Gasteiger charge is 2.32. The topological polar surface area (TPSA) is 109 Å². The summed E-state index contributed by atoms with van der Waals surface area (Å²) in [6.45, 7) is 3.11. The molecule has 1 atom stereocenters. The van der Waals surface area contributed by atoms with Crippen LogP contribution in [0.15, 0.2) is 52.3 Å². The van der Waals surface area contributed by atoms with Crippen LogP contribution in [0.5, 0.6) is 0 Å². The highest BCUT2D eigenvalue weighted by Crippen LogP contribution is 2.37. The minimum atomic E-state index is -3.53. The van der Waals surface area contributed by atoms with Crippen LogP contribution in [-0.2, 0) is 29.7 Å². The van der Waals surface area contributed by atoms with Gasteiger partial charge in [-0.15, -0.1) is 0 Å². The molecule has 2 heterocycles. The van der Waals surface area contributed by atoms with Gasteiger partial charge in [0, 0.05) is 25.4 Å². The smallest absolute Gasteiger partial charge is 0.211 e. The van der Waals surface area contributed by atoms with Gasteiger partial charge in [0.15, 0.2) is 19.7 Å². The molecule has 2 saturated heterocycles. The second kappa shape index (κ2) is 13.4. The largest absolute Gasteiger partial charge is 0.303 e. The number of piperidine rings is 2. The fourth-order valence-electron chi connectivity index (χ4n) is 6.23. The molecule has 13 heteroatoms. The number of nitrogens with zero attached hydrogens (tertiary/aromatic N) is 2. The van der Waals surface area contributed by atoms with Crippen molar-refractivity contribution < 1.29 is 34.0 Å². The van der Waals surface area contributed by atoms with E-state index >= 15 is 0 Å². The first-order valence-electron chi connectivity index (χ1n) is 14.3. The van der Waals surface area contributed by atoms with E-state index in [0.29, 0.717) is 44.3 Å². The summed E-state index contributed by atoms with van der Waals surface area (Å²) >= 11 is 0. The van der Waals surface area contributed by atoms with Gasteiger partial charge in [-0.05, 0) is 118 Å². The first-order chi connectivity index (χ1) is 19.6. The van der Waals surface area contributed by atoms with E-state index < -0.39 is 41.3 Å². The number of sulfonamides is 1. The molecule has 42 heavy (non-hydrogen) atoms. The Kier molecular flexibility index (Phi) is 10.5. The maximum atomic E-state index is 14.1. The summed E-state index contributed by atoms with van der Waals surface area (Å²) in [6, 6.07) is 8.97. The van der Waals surface area contributed by atoms with Crippen molar-refractivity contribution in [3.05, 3.63) is 59.7 Å². The molecule has 2 aromatic rings. The summed E-state index contributed by atoms with van der Waals surface area (Å²) in [4.78, 5) is 2.51. The molecule has 2 fully saturated rings. The number of hydrogen-bond donors (Lipinski definition) is 0. The van der Waals surface area contributed by atoms with Crippen molar-refractivity contribution in [1.29, 1.82) is 0 Å². The van der Waals surface area contributed by atoms with Crippen LogP contribution in [0.25, 0.3) is 0 Å². The van der Waals surface area contributed by atoms with Crippen molar-refractivity contribution in [2.24, 2.45) is 11.8 Å². The van der Waals surface area contributed by atoms with E-state index in [0.717, 1.165) is 44.8 Å². The zero-order valence-corrected chi connectivity index (χ0v) is 26.5. The van der Waals surface area contributed by atoms with Crippen molar-refractivity contribution in [1.82, 2.24) is 9.21 Å². The highest BCUT2D eigenvalue weighted by molar-refractivity contribution is 7.91. The minimum absolute atomic E-state index is 0.00469. The van der Waals surface area contributed by atoms with Gasteiger partial charge in [0.1, 0.15) is 11.6 Å². The Bertz CT molecular complexity index is 1530. The third kappa shape index (κ3) is 8.81. The molecule has 0 aliphatic carbocycles. The first-order valence-corrected chi connectivity index (χ1v) is 19.7. The van der Waals surface area contributed by atoms with Crippen LogP contribution in [0.1, 0.15) is 50.0 Å². The van der Waals surface area contributed by atoms with E-state index in [-0.39, 0.29) is 33.3 Å². The highest BCUT2D eigenvalue weighted by atomic mass is 32.2. The Morgan fingerprint density at radius 1 is 0.786 bits per heavy atom. The number of halogens is 2. The van der Waals surface area contributed by atoms with Gasteiger partial charge in [-0.25, -0.2) is 38.3 Å². The van der Waals surface area contributed by atoms with Crippen LogP contribution in [0, 0.1) is 23.5 Å². The van der Waals surface area contributed by atoms with Gasteiger partial charge in [0.2, 0.25) is 10.0 Å². The summed E-state index contributed by atoms with van der Waals surface area (Å²) in [5.74, 6) is -0.988. The van der Waals surface area contributed by atoms with Gasteiger partial charge in [-0.1, -0.05) is 0 Å². The van der Waals surface area contributed by atoms with Crippen LogP contribution < -0.4 is 0 Å². The normalized spacial score (nSPS) is 19.6. The van der Waals surface area contributed by atoms with E-state index in [2.05, 4.69) is 4.90 Å². The summed E-state index contributed by atoms with van der Waals surface area (Å²) in [5.41, 5.74) is 0.606. The fourth-order valence-corrected chi connectivity index (χ4v) is 9.16. The molecule has 0 radical (unpaired) electrons. The molecule has 0 aromatic heterocycles. The molecule has 0 bridgehead atoms. The minimum Gasteiger partial charge on any atom is -0.303 e. The van der Waals surface area contributed by atoms with E-state index in [1.807, 2.05) is 0 Å². The molecule has 4 rings (SSSR count). The first kappa shape index (κ1) is 33.0. The van der Waals surface area contributed by atoms with Gasteiger partial charge in [0.05, 0.1) is 21.8 Å². The molecular weight excluding hydrogens is 607 g/mol. The van der Waals surface area contributed by atoms with Crippen LogP contribution in [0.4, 0.5) is 8.78 Å². The standard InChI is InChI=1S/C29H40F2N2O6S3/c1-40(34,35)27-3-5-28(6-4-27)42(38,39)18-12-22-7-13-32(14-8-22)15-11-29(24-19-25(30)21-26(31)20-24)23-9-16-33(17-10-23)41(2,36)37/h3-6,19-23,29H,7-18H2,1-2H3. The number of hydrogen-bond acceptors (Lipinski definition) is 7. The molecule has 0 N–H and O–H groups in total. The lowest BCUT2D eigenvalue weighted by Gasteiger charge is -2.37. The molecule has 0 amide bonds. The van der Waals surface area contributed by atoms with E-state index in [1.165, 1.54) is 47.0 Å². The summed E-state index contributed by atoms with van der Waals surface area (Å²) < 4.78 is 103. The maximum absolute atomic E-state index is 14.1. The predicted octanol–water partition coefficient (Wildman–Crippen LogP) is 4.09. The third-order valence-corrected chi connectivity index (χ3v) is 12.9. The number of rotatable bonds is 11. The van der Waals surface area contributed by atoms with E-state index in [4.69, 9.17) is 0 Å². The zero-order valence-electron chi connectivity index (χ0n) is 24.1. The summed E-state index contributed by atoms with van der Waals surface area (Å²) in [5, 5.41) is 0. The van der Waals surface area contributed by atoms with Crippen LogP contribution >= 0.6 is 0 Å². The average molecular weight is 647 g/mol. The lowest BCUT2D eigenvalue weighted by Crippen LogP contribution is -2.40. The van der Waals surface area contributed by atoms with Crippen molar-refractivity contribution in [2.75, 3.05) is 51.0 Å². The Labute approximate surface area is 249 Å². The molecule has 234 valence electrons. The van der Waals surface area contributed by atoms with Crippen molar-refractivity contribution in [3.63, 3.8) is 0 Å². The predicted molar refractivity (Wildman–Crippen MR) is 158 cm³/mol. The quantitative estimate of drug-likeness (QED) is 0.362. The van der Waals surface area contributed by atoms with E-state index in [9.17, 15) is 34.0 Å². The lowest BCUT2D eigenvalue weighted by molar-refractivity contribution is 0.164. The second-order valence-electron chi connectivity index (χ2n) is 11.7. The molecule has 2 aliphatic rings. The molecule has 0 saturated carbocycles. The molecule has 0 spiro atoms. The number of sulfone groups is 2. The van der Waals surface area contributed by atoms with Crippen molar-refractivity contribution in [3.8, 4) is 0 Å². The monoisotopic (exact) mass is 646 g/mol. The summed E-state index contributed by atoms with van der Waals surface area (Å²) in [6.07, 6.45) is 6.43. The maximum Gasteiger partial charge on any atom is 0.211 e. The third-order valence-electron chi connectivity index (χ3n) is 8.72. The van der Waals surface area contributed by atoms with Crippen molar-refractivity contribution >= 4 is 29.7 Å². The van der Waals surface area contributed by atoms with Crippen LogP contribution in [0.2, 0.25) is 0 Å². The SMILES string of the molecule is CS(=O)(=O)c1ccc(S(=O)(=O)CCC2CCN(CCC(c3cc(F)cc(F)c3)C3CCN(S(C)(=O)=O)CC3)CC2)cc1. The Hall–Kier alpha value is -1.93. The molecule has 2 aliphatic heterocycles. The van der Waals surface area contributed by atoms with Gasteiger partial charge in [-0.2, -0.15) is 0 Å². The van der Waals surface area contributed by atoms with Gasteiger partial charge < -0.3 is 4.90 Å². The van der Waals surface area contributed by atoms with Gasteiger partial charge >= 0.3 is 0 Å². The number of benzene rings is 2. The fraction of sp³-hybridized carbons (Fsp3) is 0.586. The Morgan fingerprint density at radius 3 is 1.86 bits per heavy atom. The molecule has 2 aromatic carbocycles. The van der Waals surface area contributed by atoms with Gasteiger partial charge in [0.25, 0.3) is 0 Å². The van der Waals surface area contributed by atoms with E-state index in [1.54, 1.807) is 0 Å². The van der Waals surface area contributed by atoms with Crippen LogP contribution in [-0.4, -0.2) is 85.4 Å². The second-order valence-corrected chi connectivity index (χ2v) is 17.8. The number of likely N-dealkylation sites (tertiary alicyclic amines) is 1. The lowest BCUT2D eigenvalue weighted by atomic mass is 9.78. The van der Waals surface area contributed by atoms with Crippen LogP contribution in [0.3, 0.4) is 0 Å². The summed E-state index contributed by atoms with van der Waals surface area (Å²) in [7, 11) is -10.2. The average Bonchev–Trinajstić information content (AvgIpc) is 2.92. The molecule has 1 unspecified atom stereocenters. The Balaban J connectivity index is 1.31.